The van der Waals surface area contributed by atoms with Gasteiger partial charge in [0.1, 0.15) is 0 Å². The molecule has 1 saturated heterocycles. The first-order valence-electron chi connectivity index (χ1n) is 10.8. The number of nitrogens with one attached hydrogen (secondary N) is 1. The smallest absolute Gasteiger partial charge is 0.273 e. The molecule has 2 heterocycles. The van der Waals surface area contributed by atoms with Crippen LogP contribution in [0.4, 0.5) is 0 Å². The summed E-state index contributed by atoms with van der Waals surface area (Å²) in [5.74, 6) is 0.300. The molecule has 1 N–H and O–H groups in total. The molecule has 0 radical (unpaired) electrons. The van der Waals surface area contributed by atoms with Gasteiger partial charge in [0, 0.05) is 24.7 Å². The SMILES string of the molecule is O=C(NC[C@@H]1CCCN(CCc2ccccc2)C1)c1cn(Cc2cccc(Cl)c2)nn1. The molecule has 1 aromatic heterocycles. The van der Waals surface area contributed by atoms with Gasteiger partial charge in [-0.05, 0) is 55.0 Å². The van der Waals surface area contributed by atoms with Crippen molar-refractivity contribution in [1.29, 1.82) is 0 Å². The van der Waals surface area contributed by atoms with Gasteiger partial charge in [0.25, 0.3) is 5.91 Å². The first-order chi connectivity index (χ1) is 15.2. The summed E-state index contributed by atoms with van der Waals surface area (Å²) in [6.45, 7) is 4.41. The number of benzene rings is 2. The van der Waals surface area contributed by atoms with Crippen molar-refractivity contribution in [2.24, 2.45) is 5.92 Å². The average molecular weight is 438 g/mol. The van der Waals surface area contributed by atoms with E-state index in [0.717, 1.165) is 38.0 Å². The van der Waals surface area contributed by atoms with Crippen LogP contribution < -0.4 is 5.32 Å². The summed E-state index contributed by atoms with van der Waals surface area (Å²) < 4.78 is 1.66. The number of carbonyl (C=O) groups is 1. The number of nitrogens with zero attached hydrogens (tertiary/aromatic N) is 4. The normalized spacial score (nSPS) is 16.9. The molecule has 0 spiro atoms. The summed E-state index contributed by atoms with van der Waals surface area (Å²) in [5, 5.41) is 11.8. The zero-order valence-corrected chi connectivity index (χ0v) is 18.3. The lowest BCUT2D eigenvalue weighted by Gasteiger charge is -2.32. The maximum Gasteiger partial charge on any atom is 0.273 e. The molecule has 2 aromatic carbocycles. The minimum atomic E-state index is -0.168. The molecule has 1 aliphatic heterocycles. The second kappa shape index (κ2) is 10.6. The van der Waals surface area contributed by atoms with Crippen molar-refractivity contribution in [2.45, 2.75) is 25.8 Å². The molecule has 7 heteroatoms. The highest BCUT2D eigenvalue weighted by Crippen LogP contribution is 2.17. The van der Waals surface area contributed by atoms with Gasteiger partial charge in [-0.3, -0.25) is 4.79 Å². The maximum absolute atomic E-state index is 12.5. The number of hydrogen-bond donors (Lipinski definition) is 1. The van der Waals surface area contributed by atoms with Crippen LogP contribution in [0.2, 0.25) is 5.02 Å². The summed E-state index contributed by atoms with van der Waals surface area (Å²) in [4.78, 5) is 15.0. The van der Waals surface area contributed by atoms with Gasteiger partial charge >= 0.3 is 0 Å². The van der Waals surface area contributed by atoms with E-state index in [-0.39, 0.29) is 5.91 Å². The van der Waals surface area contributed by atoms with Crippen LogP contribution >= 0.6 is 11.6 Å². The number of likely N-dealkylation sites (tertiary alicyclic amines) is 1. The van der Waals surface area contributed by atoms with Crippen molar-refractivity contribution in [3.63, 3.8) is 0 Å². The van der Waals surface area contributed by atoms with Gasteiger partial charge in [-0.15, -0.1) is 5.10 Å². The molecule has 1 amide bonds. The average Bonchev–Trinajstić information content (AvgIpc) is 3.26. The number of hydrogen-bond acceptors (Lipinski definition) is 4. The molecule has 1 atom stereocenters. The monoisotopic (exact) mass is 437 g/mol. The van der Waals surface area contributed by atoms with Crippen molar-refractivity contribution < 1.29 is 4.79 Å². The lowest BCUT2D eigenvalue weighted by Crippen LogP contribution is -2.41. The first-order valence-corrected chi connectivity index (χ1v) is 11.2. The van der Waals surface area contributed by atoms with E-state index in [2.05, 4.69) is 50.9 Å². The van der Waals surface area contributed by atoms with Gasteiger partial charge in [-0.1, -0.05) is 59.3 Å². The van der Waals surface area contributed by atoms with Gasteiger partial charge in [-0.25, -0.2) is 4.68 Å². The van der Waals surface area contributed by atoms with Crippen LogP contribution in [-0.4, -0.2) is 52.0 Å². The standard InChI is InChI=1S/C24H28ClN5O/c25-22-10-4-8-20(14-22)17-30-18-23(27-28-30)24(31)26-15-21-9-5-12-29(16-21)13-11-19-6-2-1-3-7-19/h1-4,6-8,10,14,18,21H,5,9,11-13,15-17H2,(H,26,31)/t21-/m0/s1. The number of aromatic nitrogens is 3. The van der Waals surface area contributed by atoms with Crippen LogP contribution in [-0.2, 0) is 13.0 Å². The van der Waals surface area contributed by atoms with Gasteiger partial charge < -0.3 is 10.2 Å². The molecular weight excluding hydrogens is 410 g/mol. The van der Waals surface area contributed by atoms with Crippen LogP contribution in [0.3, 0.4) is 0 Å². The van der Waals surface area contributed by atoms with Crippen molar-refractivity contribution in [3.05, 3.63) is 82.6 Å². The van der Waals surface area contributed by atoms with Crippen molar-refractivity contribution in [1.82, 2.24) is 25.2 Å². The zero-order chi connectivity index (χ0) is 21.5. The summed E-state index contributed by atoms with van der Waals surface area (Å²) in [6.07, 6.45) is 5.06. The summed E-state index contributed by atoms with van der Waals surface area (Å²) in [7, 11) is 0. The van der Waals surface area contributed by atoms with Gasteiger partial charge in [0.15, 0.2) is 5.69 Å². The molecule has 1 aliphatic rings. The van der Waals surface area contributed by atoms with E-state index in [1.165, 1.54) is 12.0 Å². The third-order valence-electron chi connectivity index (χ3n) is 5.72. The van der Waals surface area contributed by atoms with E-state index in [4.69, 9.17) is 11.6 Å². The number of carbonyl (C=O) groups excluding carboxylic acids is 1. The topological polar surface area (TPSA) is 63.1 Å². The van der Waals surface area contributed by atoms with Crippen LogP contribution in [0.1, 0.15) is 34.5 Å². The van der Waals surface area contributed by atoms with Crippen molar-refractivity contribution >= 4 is 17.5 Å². The Morgan fingerprint density at radius 3 is 2.81 bits per heavy atom. The number of amides is 1. The van der Waals surface area contributed by atoms with Crippen LogP contribution in [0.25, 0.3) is 0 Å². The third kappa shape index (κ3) is 6.39. The Balaban J connectivity index is 1.23. The minimum absolute atomic E-state index is 0.168. The van der Waals surface area contributed by atoms with E-state index in [9.17, 15) is 4.79 Å². The fraction of sp³-hybridized carbons (Fsp3) is 0.375. The molecule has 4 rings (SSSR count). The summed E-state index contributed by atoms with van der Waals surface area (Å²) in [5.41, 5.74) is 2.74. The highest BCUT2D eigenvalue weighted by atomic mass is 35.5. The Labute approximate surface area is 188 Å². The molecule has 31 heavy (non-hydrogen) atoms. The van der Waals surface area contributed by atoms with Gasteiger partial charge in [-0.2, -0.15) is 0 Å². The Morgan fingerprint density at radius 1 is 1.13 bits per heavy atom. The summed E-state index contributed by atoms with van der Waals surface area (Å²) in [6, 6.07) is 18.2. The van der Waals surface area contributed by atoms with E-state index >= 15 is 0 Å². The summed E-state index contributed by atoms with van der Waals surface area (Å²) >= 11 is 6.03. The quantitative estimate of drug-likeness (QED) is 0.584. The second-order valence-corrected chi connectivity index (χ2v) is 8.62. The van der Waals surface area contributed by atoms with E-state index in [1.807, 2.05) is 24.3 Å². The Hall–Kier alpha value is -2.70. The highest BCUT2D eigenvalue weighted by Gasteiger charge is 2.21. The first kappa shape index (κ1) is 21.5. The molecule has 3 aromatic rings. The van der Waals surface area contributed by atoms with E-state index < -0.39 is 0 Å². The maximum atomic E-state index is 12.5. The predicted octanol–water partition coefficient (Wildman–Crippen LogP) is 3.66. The molecule has 162 valence electrons. The van der Waals surface area contributed by atoms with E-state index in [0.29, 0.717) is 29.7 Å². The van der Waals surface area contributed by atoms with Crippen LogP contribution in [0, 0.1) is 5.92 Å². The molecule has 0 bridgehead atoms. The van der Waals surface area contributed by atoms with Crippen LogP contribution in [0.5, 0.6) is 0 Å². The molecular formula is C24H28ClN5O. The van der Waals surface area contributed by atoms with Crippen molar-refractivity contribution in [2.75, 3.05) is 26.2 Å². The molecule has 6 nitrogen and oxygen atoms in total. The Kier molecular flexibility index (Phi) is 7.33. The molecule has 0 saturated carbocycles. The van der Waals surface area contributed by atoms with E-state index in [1.54, 1.807) is 10.9 Å². The Morgan fingerprint density at radius 2 is 1.97 bits per heavy atom. The Bertz CT molecular complexity index is 990. The lowest BCUT2D eigenvalue weighted by atomic mass is 9.97. The van der Waals surface area contributed by atoms with Gasteiger partial charge in [0.05, 0.1) is 12.7 Å². The largest absolute Gasteiger partial charge is 0.350 e. The highest BCUT2D eigenvalue weighted by molar-refractivity contribution is 6.30. The van der Waals surface area contributed by atoms with Gasteiger partial charge in [0.2, 0.25) is 0 Å². The minimum Gasteiger partial charge on any atom is -0.350 e. The van der Waals surface area contributed by atoms with Crippen LogP contribution in [0.15, 0.2) is 60.8 Å². The molecule has 0 aliphatic carbocycles. The number of rotatable bonds is 8. The fourth-order valence-electron chi connectivity index (χ4n) is 4.08. The number of halogens is 1. The lowest BCUT2D eigenvalue weighted by molar-refractivity contribution is 0.0927. The number of piperidine rings is 1. The molecule has 1 fully saturated rings. The predicted molar refractivity (Wildman–Crippen MR) is 122 cm³/mol. The zero-order valence-electron chi connectivity index (χ0n) is 17.6. The third-order valence-corrected chi connectivity index (χ3v) is 5.95. The second-order valence-electron chi connectivity index (χ2n) is 8.19. The van der Waals surface area contributed by atoms with Crippen molar-refractivity contribution in [3.8, 4) is 0 Å². The molecule has 0 unspecified atom stereocenters. The fourth-order valence-corrected chi connectivity index (χ4v) is 4.30.